The van der Waals surface area contributed by atoms with Gasteiger partial charge in [-0.25, -0.2) is 24.1 Å². The molecule has 4 aromatic rings. The van der Waals surface area contributed by atoms with Crippen molar-refractivity contribution in [3.05, 3.63) is 88.7 Å². The largest absolute Gasteiger partial charge is 0.482 e. The van der Waals surface area contributed by atoms with Gasteiger partial charge in [0.05, 0.1) is 12.7 Å². The molecule has 1 aliphatic rings. The van der Waals surface area contributed by atoms with E-state index in [0.717, 1.165) is 23.6 Å². The molecule has 0 saturated carbocycles. The van der Waals surface area contributed by atoms with Gasteiger partial charge in [0.2, 0.25) is 0 Å². The van der Waals surface area contributed by atoms with E-state index in [2.05, 4.69) is 30.3 Å². The number of fused-ring (bicyclic) bond motifs is 1. The van der Waals surface area contributed by atoms with E-state index >= 15 is 0 Å². The molecule has 0 saturated heterocycles. The van der Waals surface area contributed by atoms with Crippen LogP contribution in [0.25, 0.3) is 0 Å². The number of methoxy groups -OCH3 is 1. The molecule has 40 heavy (non-hydrogen) atoms. The molecule has 0 bridgehead atoms. The molecule has 1 aliphatic heterocycles. The fourth-order valence-corrected chi connectivity index (χ4v) is 5.23. The number of thiazole rings is 1. The van der Waals surface area contributed by atoms with Crippen molar-refractivity contribution >= 4 is 22.4 Å². The highest BCUT2D eigenvalue weighted by atomic mass is 32.1. The number of ether oxygens (including phenoxy) is 3. The predicted molar refractivity (Wildman–Crippen MR) is 146 cm³/mol. The number of esters is 1. The van der Waals surface area contributed by atoms with Crippen LogP contribution in [-0.2, 0) is 23.3 Å². The number of nitrogens with zero attached hydrogens (tertiary/aromatic N) is 3. The Bertz CT molecular complexity index is 1470. The van der Waals surface area contributed by atoms with Crippen LogP contribution in [0.15, 0.2) is 60.4 Å². The van der Waals surface area contributed by atoms with E-state index < -0.39 is 23.6 Å². The van der Waals surface area contributed by atoms with Crippen LogP contribution in [0.5, 0.6) is 17.2 Å². The summed E-state index contributed by atoms with van der Waals surface area (Å²) in [5.74, 6) is -0.141. The lowest BCUT2D eigenvalue weighted by Gasteiger charge is -2.39. The smallest absolute Gasteiger partial charge is 0.340 e. The number of halogens is 1. The predicted octanol–water partition coefficient (Wildman–Crippen LogP) is 4.41. The molecule has 2 aromatic heterocycles. The van der Waals surface area contributed by atoms with E-state index in [-0.39, 0.29) is 17.9 Å². The molecular formula is C28H28FN5O5S. The van der Waals surface area contributed by atoms with Gasteiger partial charge in [0.15, 0.2) is 22.5 Å². The molecule has 0 amide bonds. The zero-order valence-corrected chi connectivity index (χ0v) is 22.7. The summed E-state index contributed by atoms with van der Waals surface area (Å²) in [5.41, 5.74) is 1.10. The van der Waals surface area contributed by atoms with Crippen molar-refractivity contribution in [1.29, 1.82) is 0 Å². The summed E-state index contributed by atoms with van der Waals surface area (Å²) in [5, 5.41) is 19.8. The molecular weight excluding hydrogens is 537 g/mol. The molecule has 3 heterocycles. The second-order valence-corrected chi connectivity index (χ2v) is 10.3. The lowest BCUT2D eigenvalue weighted by molar-refractivity contribution is 0.0595. The van der Waals surface area contributed by atoms with Gasteiger partial charge in [-0.1, -0.05) is 0 Å². The van der Waals surface area contributed by atoms with Crippen LogP contribution in [-0.4, -0.2) is 45.9 Å². The first-order valence-corrected chi connectivity index (χ1v) is 13.4. The Labute approximate surface area is 234 Å². The number of anilines is 1. The Morgan fingerprint density at radius 1 is 1.20 bits per heavy atom. The van der Waals surface area contributed by atoms with E-state index in [9.17, 15) is 14.3 Å². The van der Waals surface area contributed by atoms with Gasteiger partial charge in [0.25, 0.3) is 0 Å². The van der Waals surface area contributed by atoms with Crippen LogP contribution in [0.2, 0.25) is 0 Å². The fraction of sp³-hybridized carbons (Fsp3) is 0.286. The Morgan fingerprint density at radius 2 is 2.02 bits per heavy atom. The number of aromatic nitrogens is 3. The first-order valence-electron chi connectivity index (χ1n) is 12.6. The van der Waals surface area contributed by atoms with Crippen LogP contribution in [0.1, 0.15) is 40.7 Å². The lowest BCUT2D eigenvalue weighted by Crippen LogP contribution is -2.48. The molecule has 10 nitrogen and oxygen atoms in total. The van der Waals surface area contributed by atoms with Gasteiger partial charge in [-0.2, -0.15) is 0 Å². The highest BCUT2D eigenvalue weighted by Gasteiger charge is 2.35. The quantitative estimate of drug-likeness (QED) is 0.188. The number of rotatable bonds is 10. The van der Waals surface area contributed by atoms with Gasteiger partial charge < -0.3 is 30.0 Å². The molecule has 12 heteroatoms. The summed E-state index contributed by atoms with van der Waals surface area (Å²) in [6.45, 7) is 2.79. The number of carbonyl (C=O) groups is 1. The van der Waals surface area contributed by atoms with Crippen LogP contribution in [0.3, 0.4) is 0 Å². The van der Waals surface area contributed by atoms with E-state index in [0.29, 0.717) is 35.4 Å². The van der Waals surface area contributed by atoms with Gasteiger partial charge in [-0.05, 0) is 54.8 Å². The van der Waals surface area contributed by atoms with Crippen LogP contribution >= 0.6 is 11.3 Å². The van der Waals surface area contributed by atoms with E-state index in [1.165, 1.54) is 30.6 Å². The fourth-order valence-electron chi connectivity index (χ4n) is 4.65. The number of benzene rings is 2. The molecule has 0 aliphatic carbocycles. The van der Waals surface area contributed by atoms with Gasteiger partial charge in [0, 0.05) is 48.5 Å². The number of nitrogens with one attached hydrogen (secondary N) is 2. The normalized spacial score (nSPS) is 17.0. The highest BCUT2D eigenvalue weighted by molar-refractivity contribution is 7.13. The summed E-state index contributed by atoms with van der Waals surface area (Å²) < 4.78 is 31.5. The van der Waals surface area contributed by atoms with Crippen molar-refractivity contribution in [3.8, 4) is 17.2 Å². The number of aliphatic hydroxyl groups is 1. The summed E-state index contributed by atoms with van der Waals surface area (Å²) in [6, 6.07) is 9.36. The Balaban J connectivity index is 1.47. The van der Waals surface area contributed by atoms with E-state index in [1.807, 2.05) is 24.4 Å². The number of hydrogen-bond donors (Lipinski definition) is 3. The van der Waals surface area contributed by atoms with E-state index in [4.69, 9.17) is 9.47 Å². The van der Waals surface area contributed by atoms with Crippen molar-refractivity contribution in [2.45, 2.75) is 38.1 Å². The topological polar surface area (TPSA) is 128 Å². The monoisotopic (exact) mass is 565 g/mol. The van der Waals surface area contributed by atoms with Gasteiger partial charge >= 0.3 is 5.97 Å². The zero-order chi connectivity index (χ0) is 28.1. The molecule has 1 unspecified atom stereocenters. The van der Waals surface area contributed by atoms with Gasteiger partial charge in [-0.3, -0.25) is 0 Å². The van der Waals surface area contributed by atoms with Gasteiger partial charge in [-0.15, -0.1) is 11.3 Å². The third-order valence-corrected chi connectivity index (χ3v) is 7.25. The van der Waals surface area contributed by atoms with Crippen LogP contribution < -0.4 is 20.1 Å². The Morgan fingerprint density at radius 3 is 2.75 bits per heavy atom. The average molecular weight is 566 g/mol. The van der Waals surface area contributed by atoms with Crippen molar-refractivity contribution in [2.24, 2.45) is 0 Å². The second kappa shape index (κ2) is 11.9. The minimum absolute atomic E-state index is 0.0948. The number of aliphatic hydroxyl groups excluding tert-OH is 1. The molecule has 0 fully saturated rings. The highest BCUT2D eigenvalue weighted by Crippen LogP contribution is 2.42. The summed E-state index contributed by atoms with van der Waals surface area (Å²) >= 11 is 1.40. The maximum atomic E-state index is 14.7. The Kier molecular flexibility index (Phi) is 8.19. The minimum Gasteiger partial charge on any atom is -0.482 e. The van der Waals surface area contributed by atoms with Crippen molar-refractivity contribution in [2.75, 3.05) is 19.0 Å². The van der Waals surface area contributed by atoms with Crippen molar-refractivity contribution in [3.63, 3.8) is 0 Å². The number of carbonyl (C=O) groups excluding carboxylic acids is 1. The van der Waals surface area contributed by atoms with Crippen molar-refractivity contribution < 1.29 is 28.5 Å². The molecule has 0 spiro atoms. The van der Waals surface area contributed by atoms with Crippen molar-refractivity contribution in [1.82, 2.24) is 20.3 Å². The molecule has 5 rings (SSSR count). The lowest BCUT2D eigenvalue weighted by atomic mass is 9.80. The second-order valence-electron chi connectivity index (χ2n) is 9.36. The summed E-state index contributed by atoms with van der Waals surface area (Å²) in [7, 11) is 1.19. The van der Waals surface area contributed by atoms with Crippen LogP contribution in [0.4, 0.5) is 9.52 Å². The maximum Gasteiger partial charge on any atom is 0.340 e. The number of hydrogen-bond acceptors (Lipinski definition) is 11. The average Bonchev–Trinajstić information content (AvgIpc) is 3.45. The molecule has 0 radical (unpaired) electrons. The molecule has 3 N–H and O–H groups in total. The minimum atomic E-state index is -0.870. The third-order valence-electron chi connectivity index (χ3n) is 6.55. The summed E-state index contributed by atoms with van der Waals surface area (Å²) in [4.78, 5) is 24.4. The molecule has 208 valence electrons. The van der Waals surface area contributed by atoms with E-state index in [1.54, 1.807) is 24.7 Å². The maximum absolute atomic E-state index is 14.7. The molecule has 2 atom stereocenters. The standard InChI is InChI=1S/C28H28FN5O5S/c1-28(15-25(35)34-27-32-10-11-40-27)20-14-23(39-18-4-5-19(21(29)13-18)26(36)37-2)22(12-17(20)6-9-33-28)38-16-24-30-7-3-8-31-24/h3-5,7-8,10-14,25,33,35H,6,9,15-16H2,1-2H3,(H,32,34)/t25?,28-/m1/s1. The summed E-state index contributed by atoms with van der Waals surface area (Å²) in [6.07, 6.45) is 5.11. The SMILES string of the molecule is COC(=O)c1ccc(Oc2cc3c(cc2OCc2ncccn2)CCN[C@]3(C)CC(O)Nc2nccs2)cc1F. The third kappa shape index (κ3) is 6.19. The first kappa shape index (κ1) is 27.4. The van der Waals surface area contributed by atoms with Crippen LogP contribution in [0, 0.1) is 5.82 Å². The van der Waals surface area contributed by atoms with Gasteiger partial charge in [0.1, 0.15) is 24.4 Å². The molecule has 2 aromatic carbocycles. The Hall–Kier alpha value is -4.13. The zero-order valence-electron chi connectivity index (χ0n) is 21.9. The first-order chi connectivity index (χ1) is 19.3.